The molecular weight excluding hydrogens is 306 g/mol. The molecule has 0 bridgehead atoms. The topological polar surface area (TPSA) is 116 Å². The first-order chi connectivity index (χ1) is 10.9. The van der Waals surface area contributed by atoms with Crippen LogP contribution in [0.1, 0.15) is 23.2 Å². The Kier molecular flexibility index (Phi) is 5.07. The van der Waals surface area contributed by atoms with Gasteiger partial charge in [-0.3, -0.25) is 10.1 Å². The second kappa shape index (κ2) is 7.01. The summed E-state index contributed by atoms with van der Waals surface area (Å²) in [7, 11) is 1.22. The fourth-order valence-corrected chi connectivity index (χ4v) is 2.26. The second-order valence-corrected chi connectivity index (χ2v) is 5.02. The largest absolute Gasteiger partial charge is 0.466 e. The number of nitro benzene ring substituents is 1. The molecule has 0 amide bonds. The molecule has 8 nitrogen and oxygen atoms in total. The van der Waals surface area contributed by atoms with Crippen LogP contribution in [0.4, 0.5) is 5.69 Å². The number of rotatable bonds is 4. The molecular formula is C15H15NO7. The number of aliphatic hydroxyl groups excluding tert-OH is 1. The van der Waals surface area contributed by atoms with Crippen LogP contribution in [0, 0.1) is 10.1 Å². The first-order valence-corrected chi connectivity index (χ1v) is 6.83. The minimum absolute atomic E-state index is 0.137. The standard InChI is InChI=1S/C15H15NO7/c1-22-14(18)10-6-12(17)8-13(7-10)23-15(19)9-2-4-11(5-3-9)16(20)21/h2-5,7,12-13,17H,6,8H2,1H3/t12-,13+/m1/s1. The van der Waals surface area contributed by atoms with E-state index in [1.807, 2.05) is 0 Å². The highest BCUT2D eigenvalue weighted by molar-refractivity contribution is 5.91. The number of non-ortho nitro benzene ring substituents is 1. The van der Waals surface area contributed by atoms with Gasteiger partial charge in [0, 0.05) is 30.5 Å². The zero-order valence-electron chi connectivity index (χ0n) is 12.3. The zero-order valence-corrected chi connectivity index (χ0v) is 12.3. The Morgan fingerprint density at radius 3 is 2.48 bits per heavy atom. The van der Waals surface area contributed by atoms with E-state index in [0.29, 0.717) is 0 Å². The monoisotopic (exact) mass is 321 g/mol. The van der Waals surface area contributed by atoms with E-state index in [1.165, 1.54) is 37.5 Å². The van der Waals surface area contributed by atoms with Crippen LogP contribution in [0.2, 0.25) is 0 Å². The summed E-state index contributed by atoms with van der Waals surface area (Å²) in [6, 6.07) is 4.96. The summed E-state index contributed by atoms with van der Waals surface area (Å²) in [5, 5.41) is 20.3. The molecule has 0 aromatic heterocycles. The van der Waals surface area contributed by atoms with Crippen molar-refractivity contribution in [1.29, 1.82) is 0 Å². The van der Waals surface area contributed by atoms with Gasteiger partial charge < -0.3 is 14.6 Å². The first-order valence-electron chi connectivity index (χ1n) is 6.83. The number of hydrogen-bond acceptors (Lipinski definition) is 7. The number of benzene rings is 1. The Morgan fingerprint density at radius 2 is 1.91 bits per heavy atom. The SMILES string of the molecule is COC(=O)C1=C[C@H](OC(=O)c2ccc([N+](=O)[O-])cc2)C[C@H](O)C1. The molecule has 0 fully saturated rings. The van der Waals surface area contributed by atoms with Crippen molar-refractivity contribution in [3.8, 4) is 0 Å². The number of carbonyl (C=O) groups is 2. The minimum Gasteiger partial charge on any atom is -0.466 e. The predicted octanol–water partition coefficient (Wildman–Crippen LogP) is 1.37. The molecule has 0 radical (unpaired) electrons. The molecule has 2 atom stereocenters. The van der Waals surface area contributed by atoms with Crippen molar-refractivity contribution in [3.63, 3.8) is 0 Å². The minimum atomic E-state index is -0.816. The molecule has 2 rings (SSSR count). The van der Waals surface area contributed by atoms with Crippen LogP contribution in [0.15, 0.2) is 35.9 Å². The van der Waals surface area contributed by atoms with Crippen molar-refractivity contribution < 1.29 is 29.1 Å². The lowest BCUT2D eigenvalue weighted by Gasteiger charge is -2.24. The van der Waals surface area contributed by atoms with Crippen LogP contribution in [0.5, 0.6) is 0 Å². The highest BCUT2D eigenvalue weighted by atomic mass is 16.6. The Labute approximate surface area is 131 Å². The molecule has 0 spiro atoms. The number of nitrogens with zero attached hydrogens (tertiary/aromatic N) is 1. The third-order valence-corrected chi connectivity index (χ3v) is 3.37. The van der Waals surface area contributed by atoms with Gasteiger partial charge in [-0.2, -0.15) is 0 Å². The molecule has 0 saturated heterocycles. The van der Waals surface area contributed by atoms with E-state index in [-0.39, 0.29) is 29.7 Å². The number of ether oxygens (including phenoxy) is 2. The van der Waals surface area contributed by atoms with Gasteiger partial charge in [0.25, 0.3) is 5.69 Å². The van der Waals surface area contributed by atoms with E-state index in [4.69, 9.17) is 4.74 Å². The normalized spacial score (nSPS) is 20.3. The Hall–Kier alpha value is -2.74. The number of esters is 2. The van der Waals surface area contributed by atoms with Crippen molar-refractivity contribution >= 4 is 17.6 Å². The number of methoxy groups -OCH3 is 1. The van der Waals surface area contributed by atoms with Crippen LogP contribution < -0.4 is 0 Å². The van der Waals surface area contributed by atoms with Crippen molar-refractivity contribution in [1.82, 2.24) is 0 Å². The van der Waals surface area contributed by atoms with Gasteiger partial charge in [-0.15, -0.1) is 0 Å². The molecule has 23 heavy (non-hydrogen) atoms. The van der Waals surface area contributed by atoms with E-state index in [2.05, 4.69) is 4.74 Å². The van der Waals surface area contributed by atoms with Crippen molar-refractivity contribution in [2.24, 2.45) is 0 Å². The van der Waals surface area contributed by atoms with Crippen LogP contribution in [0.25, 0.3) is 0 Å². The van der Waals surface area contributed by atoms with Gasteiger partial charge >= 0.3 is 11.9 Å². The van der Waals surface area contributed by atoms with Gasteiger partial charge in [0.2, 0.25) is 0 Å². The first kappa shape index (κ1) is 16.6. The molecule has 1 aromatic carbocycles. The number of nitro groups is 1. The molecule has 1 N–H and O–H groups in total. The van der Waals surface area contributed by atoms with Crippen LogP contribution in [-0.2, 0) is 14.3 Å². The number of hydrogen-bond donors (Lipinski definition) is 1. The van der Waals surface area contributed by atoms with Gasteiger partial charge in [-0.1, -0.05) is 0 Å². The van der Waals surface area contributed by atoms with E-state index < -0.39 is 29.1 Å². The average Bonchev–Trinajstić information content (AvgIpc) is 2.53. The highest BCUT2D eigenvalue weighted by Gasteiger charge is 2.27. The Bertz CT molecular complexity index is 650. The van der Waals surface area contributed by atoms with E-state index in [1.54, 1.807) is 0 Å². The van der Waals surface area contributed by atoms with Gasteiger partial charge in [0.15, 0.2) is 0 Å². The summed E-state index contributed by atoms with van der Waals surface area (Å²) in [5.41, 5.74) is 0.249. The molecule has 0 heterocycles. The van der Waals surface area contributed by atoms with E-state index in [0.717, 1.165) is 0 Å². The van der Waals surface area contributed by atoms with Crippen LogP contribution in [-0.4, -0.2) is 41.3 Å². The van der Waals surface area contributed by atoms with E-state index >= 15 is 0 Å². The molecule has 0 saturated carbocycles. The van der Waals surface area contributed by atoms with Crippen LogP contribution in [0.3, 0.4) is 0 Å². The van der Waals surface area contributed by atoms with E-state index in [9.17, 15) is 24.8 Å². The molecule has 0 aliphatic heterocycles. The molecule has 1 aliphatic rings. The maximum Gasteiger partial charge on any atom is 0.338 e. The van der Waals surface area contributed by atoms with Crippen molar-refractivity contribution in [2.45, 2.75) is 25.0 Å². The predicted molar refractivity (Wildman–Crippen MR) is 77.6 cm³/mol. The lowest BCUT2D eigenvalue weighted by atomic mass is 9.95. The summed E-state index contributed by atoms with van der Waals surface area (Å²) in [6.07, 6.45) is 0.165. The second-order valence-electron chi connectivity index (χ2n) is 5.02. The maximum absolute atomic E-state index is 12.0. The summed E-state index contributed by atoms with van der Waals surface area (Å²) in [6.45, 7) is 0. The zero-order chi connectivity index (χ0) is 17.0. The molecule has 8 heteroatoms. The summed E-state index contributed by atoms with van der Waals surface area (Å²) >= 11 is 0. The quantitative estimate of drug-likeness (QED) is 0.506. The fourth-order valence-electron chi connectivity index (χ4n) is 2.26. The average molecular weight is 321 g/mol. The highest BCUT2D eigenvalue weighted by Crippen LogP contribution is 2.23. The summed E-state index contributed by atoms with van der Waals surface area (Å²) in [4.78, 5) is 33.5. The fraction of sp³-hybridized carbons (Fsp3) is 0.333. The third kappa shape index (κ3) is 4.13. The van der Waals surface area contributed by atoms with Gasteiger partial charge in [-0.25, -0.2) is 9.59 Å². The van der Waals surface area contributed by atoms with Gasteiger partial charge in [-0.05, 0) is 18.2 Å². The Balaban J connectivity index is 2.09. The molecule has 0 unspecified atom stereocenters. The van der Waals surface area contributed by atoms with Gasteiger partial charge in [0.1, 0.15) is 6.10 Å². The van der Waals surface area contributed by atoms with Crippen molar-refractivity contribution in [3.05, 3.63) is 51.6 Å². The summed E-state index contributed by atoms with van der Waals surface area (Å²) < 4.78 is 9.81. The van der Waals surface area contributed by atoms with Crippen LogP contribution >= 0.6 is 0 Å². The maximum atomic E-state index is 12.0. The Morgan fingerprint density at radius 1 is 1.26 bits per heavy atom. The van der Waals surface area contributed by atoms with Crippen molar-refractivity contribution in [2.75, 3.05) is 7.11 Å². The summed E-state index contributed by atoms with van der Waals surface area (Å²) in [5.74, 6) is -1.28. The number of carbonyl (C=O) groups excluding carboxylic acids is 2. The lowest BCUT2D eigenvalue weighted by Crippen LogP contribution is -2.29. The molecule has 1 aromatic rings. The smallest absolute Gasteiger partial charge is 0.338 e. The number of aliphatic hydroxyl groups is 1. The molecule has 122 valence electrons. The third-order valence-electron chi connectivity index (χ3n) is 3.37. The molecule has 1 aliphatic carbocycles. The van der Waals surface area contributed by atoms with Gasteiger partial charge in [0.05, 0.1) is 23.7 Å². The lowest BCUT2D eigenvalue weighted by molar-refractivity contribution is -0.384.